The Labute approximate surface area is 136 Å². The van der Waals surface area contributed by atoms with Gasteiger partial charge in [-0.05, 0) is 24.6 Å². The molecule has 2 rings (SSSR count). The van der Waals surface area contributed by atoms with E-state index >= 15 is 0 Å². The van der Waals surface area contributed by atoms with Gasteiger partial charge in [-0.15, -0.1) is 0 Å². The fourth-order valence-corrected chi connectivity index (χ4v) is 2.03. The first-order valence-electron chi connectivity index (χ1n) is 7.32. The summed E-state index contributed by atoms with van der Waals surface area (Å²) in [5.74, 6) is 0.954. The van der Waals surface area contributed by atoms with Crippen molar-refractivity contribution in [1.29, 1.82) is 0 Å². The van der Waals surface area contributed by atoms with E-state index in [9.17, 15) is 4.79 Å². The number of carbonyl (C=O) groups is 1. The van der Waals surface area contributed by atoms with Gasteiger partial charge in [-0.1, -0.05) is 30.3 Å². The van der Waals surface area contributed by atoms with Gasteiger partial charge < -0.3 is 19.5 Å². The van der Waals surface area contributed by atoms with Crippen molar-refractivity contribution < 1.29 is 19.0 Å². The summed E-state index contributed by atoms with van der Waals surface area (Å²) in [4.78, 5) is 12.2. The Hall–Kier alpha value is -2.53. The predicted molar refractivity (Wildman–Crippen MR) is 88.9 cm³/mol. The van der Waals surface area contributed by atoms with E-state index in [1.807, 2.05) is 30.3 Å². The van der Waals surface area contributed by atoms with Crippen molar-refractivity contribution in [2.24, 2.45) is 0 Å². The fraction of sp³-hybridized carbons (Fsp3) is 0.278. The summed E-state index contributed by atoms with van der Waals surface area (Å²) < 4.78 is 16.0. The van der Waals surface area contributed by atoms with E-state index in [2.05, 4.69) is 5.32 Å². The van der Waals surface area contributed by atoms with Crippen LogP contribution in [0.2, 0.25) is 0 Å². The van der Waals surface area contributed by atoms with Gasteiger partial charge in [0.15, 0.2) is 11.5 Å². The van der Waals surface area contributed by atoms with Gasteiger partial charge in [-0.25, -0.2) is 0 Å². The Bertz CT molecular complexity index is 643. The minimum Gasteiger partial charge on any atom is -0.493 e. The zero-order chi connectivity index (χ0) is 16.7. The third kappa shape index (κ3) is 4.72. The predicted octanol–water partition coefficient (Wildman–Crippen LogP) is 3.25. The van der Waals surface area contributed by atoms with Gasteiger partial charge in [-0.2, -0.15) is 0 Å². The summed E-state index contributed by atoms with van der Waals surface area (Å²) >= 11 is 0. The number of carbonyl (C=O) groups excluding carboxylic acids is 1. The molecule has 0 saturated heterocycles. The summed E-state index contributed by atoms with van der Waals surface area (Å²) in [6.07, 6.45) is -0.566. The molecule has 0 aliphatic heterocycles. The largest absolute Gasteiger partial charge is 0.493 e. The van der Waals surface area contributed by atoms with Crippen molar-refractivity contribution >= 4 is 11.6 Å². The standard InChI is InChI=1S/C18H21NO4/c1-13(23-12-14-7-5-4-6-8-14)18(20)19-15-9-10-16(21-2)17(11-15)22-3/h4-11,13H,12H2,1-3H3,(H,19,20). The van der Waals surface area contributed by atoms with Crippen molar-refractivity contribution in [3.05, 3.63) is 54.1 Å². The molecule has 0 spiro atoms. The highest BCUT2D eigenvalue weighted by Crippen LogP contribution is 2.29. The monoisotopic (exact) mass is 315 g/mol. The molecule has 0 aromatic heterocycles. The van der Waals surface area contributed by atoms with Crippen LogP contribution in [-0.2, 0) is 16.1 Å². The van der Waals surface area contributed by atoms with Crippen LogP contribution in [0.15, 0.2) is 48.5 Å². The molecule has 1 N–H and O–H groups in total. The van der Waals surface area contributed by atoms with E-state index in [0.717, 1.165) is 5.56 Å². The van der Waals surface area contributed by atoms with Crippen LogP contribution in [0.4, 0.5) is 5.69 Å². The van der Waals surface area contributed by atoms with Gasteiger partial charge >= 0.3 is 0 Å². The molecule has 5 heteroatoms. The second-order valence-electron chi connectivity index (χ2n) is 5.00. The van der Waals surface area contributed by atoms with Crippen LogP contribution in [0.1, 0.15) is 12.5 Å². The SMILES string of the molecule is COc1ccc(NC(=O)C(C)OCc2ccccc2)cc1OC. The number of anilines is 1. The lowest BCUT2D eigenvalue weighted by Crippen LogP contribution is -2.27. The van der Waals surface area contributed by atoms with Crippen LogP contribution in [0.5, 0.6) is 11.5 Å². The lowest BCUT2D eigenvalue weighted by molar-refractivity contribution is -0.127. The minimum absolute atomic E-state index is 0.215. The average molecular weight is 315 g/mol. The second-order valence-corrected chi connectivity index (χ2v) is 5.00. The zero-order valence-electron chi connectivity index (χ0n) is 13.5. The lowest BCUT2D eigenvalue weighted by atomic mass is 10.2. The molecule has 122 valence electrons. The first kappa shape index (κ1) is 16.8. The van der Waals surface area contributed by atoms with Gasteiger partial charge in [0.05, 0.1) is 20.8 Å². The molecule has 0 fully saturated rings. The summed E-state index contributed by atoms with van der Waals surface area (Å²) in [7, 11) is 3.12. The lowest BCUT2D eigenvalue weighted by Gasteiger charge is -2.15. The van der Waals surface area contributed by atoms with Crippen molar-refractivity contribution in [1.82, 2.24) is 0 Å². The van der Waals surface area contributed by atoms with Crippen LogP contribution in [0.3, 0.4) is 0 Å². The first-order chi connectivity index (χ1) is 11.1. The highest BCUT2D eigenvalue weighted by molar-refractivity contribution is 5.94. The number of hydrogen-bond acceptors (Lipinski definition) is 4. The van der Waals surface area contributed by atoms with E-state index < -0.39 is 6.10 Å². The number of amides is 1. The number of hydrogen-bond donors (Lipinski definition) is 1. The Kier molecular flexibility index (Phi) is 6.00. The number of benzene rings is 2. The van der Waals surface area contributed by atoms with Crippen LogP contribution in [0, 0.1) is 0 Å². The van der Waals surface area contributed by atoms with Crippen molar-refractivity contribution in [3.8, 4) is 11.5 Å². The molecule has 2 aromatic carbocycles. The third-order valence-corrected chi connectivity index (χ3v) is 3.36. The highest BCUT2D eigenvalue weighted by atomic mass is 16.5. The maximum Gasteiger partial charge on any atom is 0.253 e. The normalized spacial score (nSPS) is 11.6. The van der Waals surface area contributed by atoms with Crippen molar-refractivity contribution in [2.75, 3.05) is 19.5 Å². The highest BCUT2D eigenvalue weighted by Gasteiger charge is 2.14. The molecule has 0 aliphatic carbocycles. The van der Waals surface area contributed by atoms with E-state index in [4.69, 9.17) is 14.2 Å². The molecule has 0 heterocycles. The molecule has 0 aliphatic rings. The van der Waals surface area contributed by atoms with Crippen LogP contribution in [-0.4, -0.2) is 26.2 Å². The van der Waals surface area contributed by atoms with Crippen molar-refractivity contribution in [2.45, 2.75) is 19.6 Å². The topological polar surface area (TPSA) is 56.8 Å². The second kappa shape index (κ2) is 8.19. The maximum atomic E-state index is 12.2. The zero-order valence-corrected chi connectivity index (χ0v) is 13.5. The van der Waals surface area contributed by atoms with E-state index in [-0.39, 0.29) is 5.91 Å². The Morgan fingerprint density at radius 2 is 1.74 bits per heavy atom. The van der Waals surface area contributed by atoms with Gasteiger partial charge in [-0.3, -0.25) is 4.79 Å². The van der Waals surface area contributed by atoms with Crippen molar-refractivity contribution in [3.63, 3.8) is 0 Å². The number of rotatable bonds is 7. The molecule has 5 nitrogen and oxygen atoms in total. The average Bonchev–Trinajstić information content (AvgIpc) is 2.60. The Balaban J connectivity index is 1.93. The molecule has 0 bridgehead atoms. The van der Waals surface area contributed by atoms with Crippen LogP contribution < -0.4 is 14.8 Å². The Morgan fingerprint density at radius 1 is 1.04 bits per heavy atom. The maximum absolute atomic E-state index is 12.2. The van der Waals surface area contributed by atoms with Gasteiger partial charge in [0, 0.05) is 11.8 Å². The molecule has 1 unspecified atom stereocenters. The summed E-state index contributed by atoms with van der Waals surface area (Å²) in [5, 5.41) is 2.80. The van der Waals surface area contributed by atoms with Crippen LogP contribution >= 0.6 is 0 Å². The van der Waals surface area contributed by atoms with E-state index in [1.54, 1.807) is 39.3 Å². The van der Waals surface area contributed by atoms with Gasteiger partial charge in [0.25, 0.3) is 5.91 Å². The number of nitrogens with one attached hydrogen (secondary N) is 1. The third-order valence-electron chi connectivity index (χ3n) is 3.36. The molecule has 0 radical (unpaired) electrons. The quantitative estimate of drug-likeness (QED) is 0.852. The van der Waals surface area contributed by atoms with E-state index in [1.165, 1.54) is 0 Å². The molecular weight excluding hydrogens is 294 g/mol. The van der Waals surface area contributed by atoms with Gasteiger partial charge in [0.1, 0.15) is 6.10 Å². The van der Waals surface area contributed by atoms with E-state index in [0.29, 0.717) is 23.8 Å². The summed E-state index contributed by atoms with van der Waals surface area (Å²) in [5.41, 5.74) is 1.65. The number of ether oxygens (including phenoxy) is 3. The molecule has 0 saturated carbocycles. The van der Waals surface area contributed by atoms with Crippen LogP contribution in [0.25, 0.3) is 0 Å². The Morgan fingerprint density at radius 3 is 2.39 bits per heavy atom. The van der Waals surface area contributed by atoms with Gasteiger partial charge in [0.2, 0.25) is 0 Å². The summed E-state index contributed by atoms with van der Waals surface area (Å²) in [6, 6.07) is 14.9. The summed E-state index contributed by atoms with van der Waals surface area (Å²) in [6.45, 7) is 2.11. The molecular formula is C18H21NO4. The fourth-order valence-electron chi connectivity index (χ4n) is 2.03. The molecule has 1 amide bonds. The molecule has 1 atom stereocenters. The first-order valence-corrected chi connectivity index (χ1v) is 7.32. The number of methoxy groups -OCH3 is 2. The smallest absolute Gasteiger partial charge is 0.253 e. The minimum atomic E-state index is -0.566. The molecule has 23 heavy (non-hydrogen) atoms. The molecule has 2 aromatic rings.